The zero-order valence-electron chi connectivity index (χ0n) is 17.6. The second kappa shape index (κ2) is 8.80. The second-order valence-corrected chi connectivity index (χ2v) is 10.2. The van der Waals surface area contributed by atoms with Crippen molar-refractivity contribution in [2.75, 3.05) is 23.7 Å². The first-order chi connectivity index (χ1) is 14.8. The molecule has 2 aliphatic heterocycles. The summed E-state index contributed by atoms with van der Waals surface area (Å²) in [6, 6.07) is 12.5. The number of aryl methyl sites for hydroxylation is 2. The molecule has 2 heterocycles. The zero-order chi connectivity index (χ0) is 22.0. The fraction of sp³-hybridized carbons (Fsp3) is 0.391. The summed E-state index contributed by atoms with van der Waals surface area (Å²) >= 11 is 0. The van der Waals surface area contributed by atoms with Crippen LogP contribution in [0.3, 0.4) is 0 Å². The quantitative estimate of drug-likeness (QED) is 0.761. The summed E-state index contributed by atoms with van der Waals surface area (Å²) in [5.41, 5.74) is 3.41. The fourth-order valence-corrected chi connectivity index (χ4v) is 5.62. The lowest BCUT2D eigenvalue weighted by Crippen LogP contribution is -2.41. The Morgan fingerprint density at radius 3 is 2.48 bits per heavy atom. The lowest BCUT2D eigenvalue weighted by atomic mass is 9.97. The molecule has 0 aliphatic carbocycles. The van der Waals surface area contributed by atoms with Crippen LogP contribution in [0.15, 0.2) is 47.4 Å². The summed E-state index contributed by atoms with van der Waals surface area (Å²) in [6.07, 6.45) is 2.77. The standard InChI is InChI=1S/C23H27N3O4S/c1-16-5-7-19(8-6-16)24-23(28)17-11-13-26(14-12-17)31(29,30)20-9-10-21-18(15-20)3-2-4-22(27)25-21/h5-10,15,17H,2-4,11-14H2,1H3,(H,24,28)(H,25,27). The van der Waals surface area contributed by atoms with Crippen molar-refractivity contribution in [2.45, 2.75) is 43.9 Å². The van der Waals surface area contributed by atoms with Crippen molar-refractivity contribution in [1.82, 2.24) is 4.31 Å². The number of carbonyl (C=O) groups excluding carboxylic acids is 2. The van der Waals surface area contributed by atoms with E-state index in [1.54, 1.807) is 18.2 Å². The van der Waals surface area contributed by atoms with E-state index >= 15 is 0 Å². The van der Waals surface area contributed by atoms with E-state index < -0.39 is 10.0 Å². The van der Waals surface area contributed by atoms with Gasteiger partial charge in [0.25, 0.3) is 0 Å². The van der Waals surface area contributed by atoms with Gasteiger partial charge in [-0.1, -0.05) is 17.7 Å². The molecule has 2 aromatic carbocycles. The van der Waals surface area contributed by atoms with Crippen molar-refractivity contribution < 1.29 is 18.0 Å². The van der Waals surface area contributed by atoms with Crippen LogP contribution in [0.4, 0.5) is 11.4 Å². The van der Waals surface area contributed by atoms with Crippen LogP contribution >= 0.6 is 0 Å². The van der Waals surface area contributed by atoms with E-state index in [1.807, 2.05) is 31.2 Å². The van der Waals surface area contributed by atoms with Crippen LogP contribution in [0.25, 0.3) is 0 Å². The third kappa shape index (κ3) is 4.80. The zero-order valence-corrected chi connectivity index (χ0v) is 18.4. The van der Waals surface area contributed by atoms with Crippen molar-refractivity contribution in [3.63, 3.8) is 0 Å². The van der Waals surface area contributed by atoms with Gasteiger partial charge in [0, 0.05) is 36.8 Å². The maximum absolute atomic E-state index is 13.2. The predicted molar refractivity (Wildman–Crippen MR) is 119 cm³/mol. The molecule has 1 saturated heterocycles. The van der Waals surface area contributed by atoms with Gasteiger partial charge >= 0.3 is 0 Å². The largest absolute Gasteiger partial charge is 0.326 e. The number of carbonyl (C=O) groups is 2. The number of amides is 2. The van der Waals surface area contributed by atoms with Crippen molar-refractivity contribution in [2.24, 2.45) is 5.92 Å². The average Bonchev–Trinajstić information content (AvgIpc) is 2.95. The first-order valence-corrected chi connectivity index (χ1v) is 12.1. The third-order valence-electron chi connectivity index (χ3n) is 5.98. The summed E-state index contributed by atoms with van der Waals surface area (Å²) in [6.45, 7) is 2.60. The molecule has 0 spiro atoms. The molecule has 8 heteroatoms. The highest BCUT2D eigenvalue weighted by Crippen LogP contribution is 2.29. The number of hydrogen-bond donors (Lipinski definition) is 2. The van der Waals surface area contributed by atoms with Gasteiger partial charge in [0.05, 0.1) is 4.90 Å². The van der Waals surface area contributed by atoms with Gasteiger partial charge in [-0.15, -0.1) is 0 Å². The summed E-state index contributed by atoms with van der Waals surface area (Å²) in [4.78, 5) is 24.5. The number of fused-ring (bicyclic) bond motifs is 1. The number of rotatable bonds is 4. The van der Waals surface area contributed by atoms with Crippen LogP contribution in [0.2, 0.25) is 0 Å². The number of sulfonamides is 1. The molecule has 1 fully saturated rings. The highest BCUT2D eigenvalue weighted by molar-refractivity contribution is 7.89. The third-order valence-corrected chi connectivity index (χ3v) is 7.88. The van der Waals surface area contributed by atoms with Crippen molar-refractivity contribution in [3.8, 4) is 0 Å². The minimum Gasteiger partial charge on any atom is -0.326 e. The van der Waals surface area contributed by atoms with Crippen molar-refractivity contribution >= 4 is 33.2 Å². The van der Waals surface area contributed by atoms with E-state index in [0.717, 1.165) is 16.8 Å². The van der Waals surface area contributed by atoms with E-state index in [-0.39, 0.29) is 22.6 Å². The minimum atomic E-state index is -3.64. The van der Waals surface area contributed by atoms with Crippen molar-refractivity contribution in [1.29, 1.82) is 0 Å². The fourth-order valence-electron chi connectivity index (χ4n) is 4.10. The summed E-state index contributed by atoms with van der Waals surface area (Å²) in [5, 5.41) is 5.76. The normalized spacial score (nSPS) is 18.0. The lowest BCUT2D eigenvalue weighted by Gasteiger charge is -2.30. The topological polar surface area (TPSA) is 95.6 Å². The molecule has 0 bridgehead atoms. The van der Waals surface area contributed by atoms with Crippen LogP contribution in [0, 0.1) is 12.8 Å². The molecular formula is C23H27N3O4S. The van der Waals surface area contributed by atoms with Crippen LogP contribution in [0.1, 0.15) is 36.8 Å². The van der Waals surface area contributed by atoms with Gasteiger partial charge in [0.1, 0.15) is 0 Å². The SMILES string of the molecule is Cc1ccc(NC(=O)C2CCN(S(=O)(=O)c3ccc4c(c3)CCCC(=O)N4)CC2)cc1. The molecule has 2 aromatic rings. The molecule has 0 saturated carbocycles. The molecule has 7 nitrogen and oxygen atoms in total. The van der Waals surface area contributed by atoms with Gasteiger partial charge in [-0.05, 0) is 68.5 Å². The van der Waals surface area contributed by atoms with Crippen LogP contribution in [-0.2, 0) is 26.0 Å². The van der Waals surface area contributed by atoms with E-state index in [9.17, 15) is 18.0 Å². The molecule has 0 radical (unpaired) electrons. The molecule has 0 unspecified atom stereocenters. The lowest BCUT2D eigenvalue weighted by molar-refractivity contribution is -0.121. The molecular weight excluding hydrogens is 414 g/mol. The van der Waals surface area contributed by atoms with Gasteiger partial charge in [0.2, 0.25) is 21.8 Å². The van der Waals surface area contributed by atoms with E-state index in [1.165, 1.54) is 4.31 Å². The molecule has 2 aliphatic rings. The minimum absolute atomic E-state index is 0.0413. The summed E-state index contributed by atoms with van der Waals surface area (Å²) in [7, 11) is -3.64. The first kappa shape index (κ1) is 21.5. The molecule has 164 valence electrons. The molecule has 31 heavy (non-hydrogen) atoms. The smallest absolute Gasteiger partial charge is 0.243 e. The summed E-state index contributed by atoms with van der Waals surface area (Å²) < 4.78 is 27.8. The highest BCUT2D eigenvalue weighted by atomic mass is 32.2. The van der Waals surface area contributed by atoms with E-state index in [0.29, 0.717) is 50.9 Å². The molecule has 2 N–H and O–H groups in total. The van der Waals surface area contributed by atoms with E-state index in [2.05, 4.69) is 10.6 Å². The number of hydrogen-bond acceptors (Lipinski definition) is 4. The molecule has 4 rings (SSSR count). The van der Waals surface area contributed by atoms with Crippen LogP contribution in [0.5, 0.6) is 0 Å². The molecule has 2 amide bonds. The monoisotopic (exact) mass is 441 g/mol. The van der Waals surface area contributed by atoms with Gasteiger partial charge in [-0.2, -0.15) is 4.31 Å². The predicted octanol–water partition coefficient (Wildman–Crippen LogP) is 3.31. The average molecular weight is 442 g/mol. The number of nitrogens with zero attached hydrogens (tertiary/aromatic N) is 1. The molecule has 0 aromatic heterocycles. The van der Waals surface area contributed by atoms with Gasteiger partial charge in [-0.25, -0.2) is 8.42 Å². The maximum atomic E-state index is 13.2. The summed E-state index contributed by atoms with van der Waals surface area (Å²) in [5.74, 6) is -0.322. The Bertz CT molecular complexity index is 1090. The first-order valence-electron chi connectivity index (χ1n) is 10.6. The Morgan fingerprint density at radius 2 is 1.77 bits per heavy atom. The molecule has 0 atom stereocenters. The van der Waals surface area contributed by atoms with Crippen molar-refractivity contribution in [3.05, 3.63) is 53.6 Å². The number of nitrogens with one attached hydrogen (secondary N) is 2. The maximum Gasteiger partial charge on any atom is 0.243 e. The van der Waals surface area contributed by atoms with Crippen LogP contribution in [-0.4, -0.2) is 37.6 Å². The second-order valence-electron chi connectivity index (χ2n) is 8.25. The Morgan fingerprint density at radius 1 is 1.06 bits per heavy atom. The Balaban J connectivity index is 1.41. The van der Waals surface area contributed by atoms with Gasteiger partial charge < -0.3 is 10.6 Å². The van der Waals surface area contributed by atoms with Gasteiger partial charge in [-0.3, -0.25) is 9.59 Å². The highest BCUT2D eigenvalue weighted by Gasteiger charge is 2.32. The Labute approximate surface area is 182 Å². The number of piperidine rings is 1. The Hall–Kier alpha value is -2.71. The Kier molecular flexibility index (Phi) is 6.11. The number of anilines is 2. The van der Waals surface area contributed by atoms with Crippen LogP contribution < -0.4 is 10.6 Å². The van der Waals surface area contributed by atoms with E-state index in [4.69, 9.17) is 0 Å². The van der Waals surface area contributed by atoms with Gasteiger partial charge in [0.15, 0.2) is 0 Å². The number of benzene rings is 2.